The van der Waals surface area contributed by atoms with Crippen LogP contribution in [0, 0.1) is 0 Å². The number of ether oxygens (including phenoxy) is 2. The molecule has 2 unspecified atom stereocenters. The van der Waals surface area contributed by atoms with Crippen LogP contribution in [0.2, 0.25) is 0 Å². The van der Waals surface area contributed by atoms with Crippen LogP contribution in [0.3, 0.4) is 0 Å². The summed E-state index contributed by atoms with van der Waals surface area (Å²) >= 11 is 0. The van der Waals surface area contributed by atoms with E-state index < -0.39 is 26.5 Å². The van der Waals surface area contributed by atoms with Crippen molar-refractivity contribution in [1.29, 1.82) is 0 Å². The predicted octanol–water partition coefficient (Wildman–Crippen LogP) is 15.6. The molecule has 0 amide bonds. The molecule has 0 aromatic carbocycles. The third-order valence-corrected chi connectivity index (χ3v) is 11.5. The Balaban J connectivity index is 3.98. The number of unbranched alkanes of at least 4 members (excludes halogenated alkanes) is 27. The van der Waals surface area contributed by atoms with Crippen molar-refractivity contribution < 1.29 is 37.6 Å². The van der Waals surface area contributed by atoms with E-state index in [2.05, 4.69) is 50.3 Å². The van der Waals surface area contributed by atoms with Crippen LogP contribution in [0.25, 0.3) is 0 Å². The van der Waals surface area contributed by atoms with E-state index in [0.717, 1.165) is 57.8 Å². The van der Waals surface area contributed by atoms with E-state index in [1.54, 1.807) is 6.92 Å². The summed E-state index contributed by atoms with van der Waals surface area (Å²) in [5.41, 5.74) is 0. The molecule has 0 saturated heterocycles. The molecular weight excluding hydrogens is 748 g/mol. The summed E-state index contributed by atoms with van der Waals surface area (Å²) in [5, 5.41) is 0. The SMILES string of the molecule is CCCCC/C=C\C/C=C\CCCCCCCC(=O)OC(COC(=O)CCCCCCCCCCCCC/C=C\CCCCCCCCCC)COP(=O)(O)OCC. The quantitative estimate of drug-likeness (QED) is 0.0279. The molecule has 8 nitrogen and oxygen atoms in total. The van der Waals surface area contributed by atoms with Gasteiger partial charge >= 0.3 is 19.8 Å². The van der Waals surface area contributed by atoms with Gasteiger partial charge in [0.2, 0.25) is 0 Å². The van der Waals surface area contributed by atoms with E-state index >= 15 is 0 Å². The minimum Gasteiger partial charge on any atom is -0.462 e. The van der Waals surface area contributed by atoms with Gasteiger partial charge in [0.1, 0.15) is 6.61 Å². The predicted molar refractivity (Wildman–Crippen MR) is 244 cm³/mol. The van der Waals surface area contributed by atoms with E-state index in [4.69, 9.17) is 18.5 Å². The summed E-state index contributed by atoms with van der Waals surface area (Å²) in [6.45, 7) is 5.46. The average molecular weight is 839 g/mol. The van der Waals surface area contributed by atoms with Gasteiger partial charge in [-0.15, -0.1) is 0 Å². The number of hydrogen-bond donors (Lipinski definition) is 1. The number of allylic oxidation sites excluding steroid dienone is 6. The van der Waals surface area contributed by atoms with Crippen molar-refractivity contribution >= 4 is 19.8 Å². The monoisotopic (exact) mass is 839 g/mol. The Morgan fingerprint density at radius 1 is 0.466 bits per heavy atom. The minimum atomic E-state index is -4.29. The molecular formula is C49H91O8P. The van der Waals surface area contributed by atoms with Crippen LogP contribution in [0.5, 0.6) is 0 Å². The second-order valence-electron chi connectivity index (χ2n) is 16.1. The van der Waals surface area contributed by atoms with Gasteiger partial charge in [0, 0.05) is 12.8 Å². The Hall–Kier alpha value is -1.73. The number of carbonyl (C=O) groups is 2. The second-order valence-corrected chi connectivity index (χ2v) is 17.6. The molecule has 0 saturated carbocycles. The van der Waals surface area contributed by atoms with Crippen LogP contribution >= 0.6 is 7.82 Å². The first-order valence-corrected chi connectivity index (χ1v) is 25.8. The molecule has 58 heavy (non-hydrogen) atoms. The third-order valence-electron chi connectivity index (χ3n) is 10.4. The number of esters is 2. The van der Waals surface area contributed by atoms with E-state index in [1.165, 1.54) is 141 Å². The Morgan fingerprint density at radius 3 is 1.28 bits per heavy atom. The first-order chi connectivity index (χ1) is 28.3. The van der Waals surface area contributed by atoms with Crippen molar-refractivity contribution in [3.8, 4) is 0 Å². The van der Waals surface area contributed by atoms with Crippen LogP contribution in [0.15, 0.2) is 36.5 Å². The Bertz CT molecular complexity index is 1040. The molecule has 2 atom stereocenters. The summed E-state index contributed by atoms with van der Waals surface area (Å²) in [7, 11) is -4.29. The van der Waals surface area contributed by atoms with Crippen LogP contribution in [-0.4, -0.2) is 42.8 Å². The van der Waals surface area contributed by atoms with Crippen molar-refractivity contribution in [3.63, 3.8) is 0 Å². The first kappa shape index (κ1) is 56.3. The summed E-state index contributed by atoms with van der Waals surface area (Å²) < 4.78 is 32.7. The van der Waals surface area contributed by atoms with Gasteiger partial charge in [0.05, 0.1) is 13.2 Å². The highest BCUT2D eigenvalue weighted by Gasteiger charge is 2.25. The maximum Gasteiger partial charge on any atom is 0.472 e. The topological polar surface area (TPSA) is 108 Å². The molecule has 0 heterocycles. The molecule has 0 rings (SSSR count). The van der Waals surface area contributed by atoms with Gasteiger partial charge in [0.25, 0.3) is 0 Å². The summed E-state index contributed by atoms with van der Waals surface area (Å²) in [5.74, 6) is -0.808. The summed E-state index contributed by atoms with van der Waals surface area (Å²) in [4.78, 5) is 34.8. The maximum absolute atomic E-state index is 12.6. The molecule has 0 fully saturated rings. The Kier molecular flexibility index (Phi) is 43.5. The number of rotatable bonds is 45. The highest BCUT2D eigenvalue weighted by molar-refractivity contribution is 7.47. The summed E-state index contributed by atoms with van der Waals surface area (Å²) in [6, 6.07) is 0. The number of carbonyl (C=O) groups excluding carboxylic acids is 2. The summed E-state index contributed by atoms with van der Waals surface area (Å²) in [6.07, 6.45) is 52.1. The molecule has 0 aliphatic carbocycles. The fourth-order valence-corrected chi connectivity index (χ4v) is 7.59. The maximum atomic E-state index is 12.6. The van der Waals surface area contributed by atoms with Crippen molar-refractivity contribution in [1.82, 2.24) is 0 Å². The molecule has 0 aliphatic heterocycles. The fraction of sp³-hybridized carbons (Fsp3) is 0.837. The van der Waals surface area contributed by atoms with Crippen molar-refractivity contribution in [2.24, 2.45) is 0 Å². The van der Waals surface area contributed by atoms with Gasteiger partial charge in [0.15, 0.2) is 6.10 Å². The Morgan fingerprint density at radius 2 is 0.828 bits per heavy atom. The van der Waals surface area contributed by atoms with E-state index in [-0.39, 0.29) is 25.6 Å². The van der Waals surface area contributed by atoms with Gasteiger partial charge < -0.3 is 14.4 Å². The zero-order valence-corrected chi connectivity index (χ0v) is 38.9. The smallest absolute Gasteiger partial charge is 0.462 e. The van der Waals surface area contributed by atoms with Crippen molar-refractivity contribution in [3.05, 3.63) is 36.5 Å². The highest BCUT2D eigenvalue weighted by atomic mass is 31.2. The standard InChI is InChI=1S/C49H91O8P/c1-4-7-9-11-13-15-17-19-21-22-23-24-25-26-27-28-30-31-33-35-37-39-41-43-48(50)54-45-47(46-56-58(52,53)55-6-3)57-49(51)44-42-40-38-36-34-32-29-20-18-16-14-12-10-8-5-2/h14,16,20,22-23,29,47H,4-13,15,17-19,21,24-28,30-46H2,1-3H3,(H,52,53)/b16-14-,23-22-,29-20-. The zero-order valence-electron chi connectivity index (χ0n) is 38.0. The molecule has 0 radical (unpaired) electrons. The van der Waals surface area contributed by atoms with Crippen LogP contribution in [-0.2, 0) is 32.7 Å². The van der Waals surface area contributed by atoms with Gasteiger partial charge in [-0.25, -0.2) is 4.57 Å². The lowest BCUT2D eigenvalue weighted by Crippen LogP contribution is -2.29. The van der Waals surface area contributed by atoms with Crippen LogP contribution < -0.4 is 0 Å². The van der Waals surface area contributed by atoms with E-state index in [9.17, 15) is 19.0 Å². The number of phosphoric ester groups is 1. The van der Waals surface area contributed by atoms with Gasteiger partial charge in [-0.2, -0.15) is 0 Å². The normalized spacial score (nSPS) is 13.5. The lowest BCUT2D eigenvalue weighted by molar-refractivity contribution is -0.161. The lowest BCUT2D eigenvalue weighted by Gasteiger charge is -2.19. The van der Waals surface area contributed by atoms with E-state index in [0.29, 0.717) is 12.8 Å². The second kappa shape index (κ2) is 44.8. The molecule has 340 valence electrons. The number of hydrogen-bond acceptors (Lipinski definition) is 7. The molecule has 0 aromatic rings. The van der Waals surface area contributed by atoms with E-state index in [1.807, 2.05) is 0 Å². The minimum absolute atomic E-state index is 0.00220. The lowest BCUT2D eigenvalue weighted by atomic mass is 10.0. The average Bonchev–Trinajstić information content (AvgIpc) is 3.20. The number of phosphoric acid groups is 1. The van der Waals surface area contributed by atoms with Gasteiger partial charge in [-0.1, -0.05) is 185 Å². The van der Waals surface area contributed by atoms with Crippen molar-refractivity contribution in [2.75, 3.05) is 19.8 Å². The molecule has 0 aliphatic rings. The van der Waals surface area contributed by atoms with Crippen molar-refractivity contribution in [2.45, 2.75) is 245 Å². The highest BCUT2D eigenvalue weighted by Crippen LogP contribution is 2.43. The largest absolute Gasteiger partial charge is 0.472 e. The van der Waals surface area contributed by atoms with Crippen LogP contribution in [0.1, 0.15) is 239 Å². The molecule has 0 bridgehead atoms. The first-order valence-electron chi connectivity index (χ1n) is 24.3. The zero-order chi connectivity index (χ0) is 42.5. The van der Waals surface area contributed by atoms with Crippen LogP contribution in [0.4, 0.5) is 0 Å². The molecule has 0 aromatic heterocycles. The fourth-order valence-electron chi connectivity index (χ4n) is 6.83. The third kappa shape index (κ3) is 43.8. The molecule has 1 N–H and O–H groups in total. The Labute approximate surface area is 357 Å². The van der Waals surface area contributed by atoms with Gasteiger partial charge in [-0.05, 0) is 77.6 Å². The van der Waals surface area contributed by atoms with Gasteiger partial charge in [-0.3, -0.25) is 18.6 Å². The molecule has 0 spiro atoms. The molecule has 9 heteroatoms.